The van der Waals surface area contributed by atoms with Crippen molar-refractivity contribution in [3.63, 3.8) is 0 Å². The standard InChI is InChI=1S/C19H17N3O/c1-11-7-9-13(10-8-11)17-16-12(2)20-14-5-3-4-6-15(14)21-18(16)19(23)22-17/h3-10,17,20H,1-2H3,(H,22,23). The summed E-state index contributed by atoms with van der Waals surface area (Å²) in [6.07, 6.45) is 0. The third kappa shape index (κ3) is 2.23. The number of hydrogen-bond acceptors (Lipinski definition) is 3. The molecule has 0 aromatic heterocycles. The van der Waals surface area contributed by atoms with Crippen LogP contribution in [0.15, 0.2) is 64.8 Å². The van der Waals surface area contributed by atoms with Crippen molar-refractivity contribution < 1.29 is 4.79 Å². The van der Waals surface area contributed by atoms with Crippen LogP contribution in [0.3, 0.4) is 0 Å². The van der Waals surface area contributed by atoms with Crippen molar-refractivity contribution in [1.29, 1.82) is 0 Å². The van der Waals surface area contributed by atoms with Crippen molar-refractivity contribution in [2.24, 2.45) is 4.99 Å². The van der Waals surface area contributed by atoms with E-state index in [1.807, 2.05) is 31.2 Å². The lowest BCUT2D eigenvalue weighted by atomic mass is 9.97. The SMILES string of the molecule is CC1=C2C(=Nc3ccccc3N1)C(=O)NC2c1ccc(C)cc1. The normalized spacial score (nSPS) is 19.3. The summed E-state index contributed by atoms with van der Waals surface area (Å²) in [4.78, 5) is 17.1. The minimum atomic E-state index is -0.163. The van der Waals surface area contributed by atoms with Gasteiger partial charge in [0.05, 0.1) is 17.4 Å². The summed E-state index contributed by atoms with van der Waals surface area (Å²) in [6, 6.07) is 15.8. The van der Waals surface area contributed by atoms with Crippen LogP contribution in [0.4, 0.5) is 11.4 Å². The van der Waals surface area contributed by atoms with Gasteiger partial charge in [-0.15, -0.1) is 0 Å². The van der Waals surface area contributed by atoms with Crippen LogP contribution in [0.5, 0.6) is 0 Å². The first-order valence-electron chi connectivity index (χ1n) is 7.67. The maximum Gasteiger partial charge on any atom is 0.271 e. The molecule has 2 aliphatic rings. The number of allylic oxidation sites excluding steroid dienone is 1. The van der Waals surface area contributed by atoms with Gasteiger partial charge in [0, 0.05) is 11.3 Å². The van der Waals surface area contributed by atoms with E-state index in [2.05, 4.69) is 46.8 Å². The third-order valence-electron chi connectivity index (χ3n) is 4.31. The molecule has 2 N–H and O–H groups in total. The van der Waals surface area contributed by atoms with E-state index in [0.29, 0.717) is 5.71 Å². The topological polar surface area (TPSA) is 53.5 Å². The molecule has 4 rings (SSSR count). The van der Waals surface area contributed by atoms with Crippen molar-refractivity contribution in [3.05, 3.63) is 70.9 Å². The van der Waals surface area contributed by atoms with Gasteiger partial charge in [0.1, 0.15) is 5.71 Å². The smallest absolute Gasteiger partial charge is 0.271 e. The van der Waals surface area contributed by atoms with Gasteiger partial charge in [-0.3, -0.25) is 4.79 Å². The first-order valence-corrected chi connectivity index (χ1v) is 7.67. The summed E-state index contributed by atoms with van der Waals surface area (Å²) >= 11 is 0. The zero-order valence-electron chi connectivity index (χ0n) is 13.1. The molecule has 2 heterocycles. The number of hydrogen-bond donors (Lipinski definition) is 2. The van der Waals surface area contributed by atoms with E-state index in [1.54, 1.807) is 0 Å². The van der Waals surface area contributed by atoms with E-state index in [1.165, 1.54) is 5.56 Å². The number of carbonyl (C=O) groups is 1. The fourth-order valence-electron chi connectivity index (χ4n) is 3.11. The molecule has 23 heavy (non-hydrogen) atoms. The van der Waals surface area contributed by atoms with Crippen LogP contribution < -0.4 is 10.6 Å². The minimum Gasteiger partial charge on any atom is -0.357 e. The van der Waals surface area contributed by atoms with E-state index >= 15 is 0 Å². The number of nitrogens with zero attached hydrogens (tertiary/aromatic N) is 1. The Labute approximate surface area is 134 Å². The van der Waals surface area contributed by atoms with Gasteiger partial charge < -0.3 is 10.6 Å². The maximum absolute atomic E-state index is 12.5. The molecule has 4 nitrogen and oxygen atoms in total. The molecule has 0 saturated carbocycles. The number of fused-ring (bicyclic) bond motifs is 2. The van der Waals surface area contributed by atoms with Crippen LogP contribution >= 0.6 is 0 Å². The molecule has 1 amide bonds. The average Bonchev–Trinajstić information content (AvgIpc) is 2.78. The molecule has 1 atom stereocenters. The number of benzene rings is 2. The molecule has 4 heteroatoms. The van der Waals surface area contributed by atoms with Gasteiger partial charge in [0.2, 0.25) is 0 Å². The summed E-state index contributed by atoms with van der Waals surface area (Å²) in [7, 11) is 0. The van der Waals surface area contributed by atoms with Crippen LogP contribution in [-0.4, -0.2) is 11.6 Å². The second-order valence-corrected chi connectivity index (χ2v) is 5.96. The Hall–Kier alpha value is -2.88. The van der Waals surface area contributed by atoms with Gasteiger partial charge in [-0.2, -0.15) is 0 Å². The predicted molar refractivity (Wildman–Crippen MR) is 91.9 cm³/mol. The first kappa shape index (κ1) is 13.8. The van der Waals surface area contributed by atoms with Crippen molar-refractivity contribution >= 4 is 23.0 Å². The lowest BCUT2D eigenvalue weighted by molar-refractivity contribution is -0.114. The number of para-hydroxylation sites is 2. The van der Waals surface area contributed by atoms with E-state index < -0.39 is 0 Å². The first-order chi connectivity index (χ1) is 11.1. The van der Waals surface area contributed by atoms with Gasteiger partial charge in [-0.05, 0) is 31.5 Å². The highest BCUT2D eigenvalue weighted by Crippen LogP contribution is 2.37. The maximum atomic E-state index is 12.5. The fraction of sp³-hybridized carbons (Fsp3) is 0.158. The highest BCUT2D eigenvalue weighted by atomic mass is 16.2. The van der Waals surface area contributed by atoms with E-state index in [4.69, 9.17) is 0 Å². The average molecular weight is 303 g/mol. The zero-order chi connectivity index (χ0) is 16.0. The summed E-state index contributed by atoms with van der Waals surface area (Å²) in [5, 5.41) is 6.45. The van der Waals surface area contributed by atoms with Crippen LogP contribution in [0, 0.1) is 6.92 Å². The van der Waals surface area contributed by atoms with Gasteiger partial charge in [-0.25, -0.2) is 4.99 Å². The summed E-state index contributed by atoms with van der Waals surface area (Å²) < 4.78 is 0. The molecule has 1 unspecified atom stereocenters. The molecule has 114 valence electrons. The molecule has 0 bridgehead atoms. The highest BCUT2D eigenvalue weighted by molar-refractivity contribution is 6.49. The number of amides is 1. The minimum absolute atomic E-state index is 0.122. The number of anilines is 1. The summed E-state index contributed by atoms with van der Waals surface area (Å²) in [5.74, 6) is -0.122. The van der Waals surface area contributed by atoms with E-state index in [-0.39, 0.29) is 11.9 Å². The Kier molecular flexibility index (Phi) is 3.05. The largest absolute Gasteiger partial charge is 0.357 e. The molecule has 0 aliphatic carbocycles. The molecule has 1 fully saturated rings. The van der Waals surface area contributed by atoms with Crippen molar-refractivity contribution in [2.75, 3.05) is 5.32 Å². The second kappa shape index (κ2) is 5.09. The van der Waals surface area contributed by atoms with Crippen LogP contribution in [0.25, 0.3) is 0 Å². The molecule has 1 saturated heterocycles. The third-order valence-corrected chi connectivity index (χ3v) is 4.31. The van der Waals surface area contributed by atoms with Gasteiger partial charge in [0.25, 0.3) is 5.91 Å². The summed E-state index contributed by atoms with van der Waals surface area (Å²) in [5.41, 5.74) is 6.37. The predicted octanol–water partition coefficient (Wildman–Crippen LogP) is 3.64. The quantitative estimate of drug-likeness (QED) is 0.845. The molecule has 0 spiro atoms. The van der Waals surface area contributed by atoms with Crippen LogP contribution in [-0.2, 0) is 4.79 Å². The molecule has 2 aromatic carbocycles. The number of aliphatic imine (C=N–C) groups is 1. The monoisotopic (exact) mass is 303 g/mol. The Balaban J connectivity index is 1.86. The van der Waals surface area contributed by atoms with E-state index in [9.17, 15) is 4.79 Å². The Morgan fingerprint density at radius 3 is 2.52 bits per heavy atom. The Morgan fingerprint density at radius 1 is 1.00 bits per heavy atom. The van der Waals surface area contributed by atoms with Gasteiger partial charge >= 0.3 is 0 Å². The lowest BCUT2D eigenvalue weighted by Gasteiger charge is -2.15. The number of carbonyl (C=O) groups excluding carboxylic acids is 1. The second-order valence-electron chi connectivity index (χ2n) is 5.96. The number of nitrogens with one attached hydrogen (secondary N) is 2. The van der Waals surface area contributed by atoms with Gasteiger partial charge in [0.15, 0.2) is 0 Å². The number of aryl methyl sites for hydroxylation is 1. The van der Waals surface area contributed by atoms with Crippen molar-refractivity contribution in [3.8, 4) is 0 Å². The van der Waals surface area contributed by atoms with E-state index in [0.717, 1.165) is 28.2 Å². The molecular weight excluding hydrogens is 286 g/mol. The zero-order valence-corrected chi connectivity index (χ0v) is 13.1. The molecule has 2 aliphatic heterocycles. The lowest BCUT2D eigenvalue weighted by Crippen LogP contribution is -2.21. The van der Waals surface area contributed by atoms with Crippen LogP contribution in [0.2, 0.25) is 0 Å². The van der Waals surface area contributed by atoms with Crippen molar-refractivity contribution in [2.45, 2.75) is 19.9 Å². The number of rotatable bonds is 1. The molecular formula is C19H17N3O. The Morgan fingerprint density at radius 2 is 1.74 bits per heavy atom. The Bertz CT molecular complexity index is 862. The van der Waals surface area contributed by atoms with Gasteiger partial charge in [-0.1, -0.05) is 42.0 Å². The fourth-order valence-corrected chi connectivity index (χ4v) is 3.11. The van der Waals surface area contributed by atoms with Crippen molar-refractivity contribution in [1.82, 2.24) is 5.32 Å². The molecule has 2 aromatic rings. The highest BCUT2D eigenvalue weighted by Gasteiger charge is 2.37. The summed E-state index contributed by atoms with van der Waals surface area (Å²) in [6.45, 7) is 4.05. The van der Waals surface area contributed by atoms with Crippen LogP contribution in [0.1, 0.15) is 24.1 Å². The molecule has 0 radical (unpaired) electrons.